The largest absolute Gasteiger partial charge is 0.377 e. The molecular weight excluding hydrogens is 376 g/mol. The highest BCUT2D eigenvalue weighted by molar-refractivity contribution is 7.89. The first-order valence-electron chi connectivity index (χ1n) is 9.87. The fourth-order valence-corrected chi connectivity index (χ4v) is 5.93. The molecule has 2 aliphatic heterocycles. The van der Waals surface area contributed by atoms with Crippen molar-refractivity contribution in [3.05, 3.63) is 42.5 Å². The molecule has 2 saturated heterocycles. The summed E-state index contributed by atoms with van der Waals surface area (Å²) in [5, 5.41) is 12.2. The van der Waals surface area contributed by atoms with E-state index in [1.807, 2.05) is 24.3 Å². The number of benzene rings is 2. The summed E-state index contributed by atoms with van der Waals surface area (Å²) in [5.41, 5.74) is 0. The Kier molecular flexibility index (Phi) is 5.16. The van der Waals surface area contributed by atoms with E-state index >= 15 is 0 Å². The molecule has 150 valence electrons. The zero-order valence-corrected chi connectivity index (χ0v) is 16.8. The number of carbonyl (C=O) groups excluding carboxylic acids is 1. The Bertz CT molecular complexity index is 983. The number of hydrogen-bond donors (Lipinski definition) is 1. The number of sulfonamides is 1. The normalized spacial score (nSPS) is 24.7. The van der Waals surface area contributed by atoms with Gasteiger partial charge in [-0.25, -0.2) is 8.42 Å². The van der Waals surface area contributed by atoms with E-state index in [0.29, 0.717) is 25.4 Å². The third kappa shape index (κ3) is 3.43. The van der Waals surface area contributed by atoms with Crippen molar-refractivity contribution in [3.8, 4) is 0 Å². The van der Waals surface area contributed by atoms with Crippen molar-refractivity contribution in [2.75, 3.05) is 13.1 Å². The fourth-order valence-electron chi connectivity index (χ4n) is 4.22. The lowest BCUT2D eigenvalue weighted by molar-refractivity contribution is -0.137. The molecule has 2 atom stereocenters. The molecule has 2 fully saturated rings. The first-order valence-corrected chi connectivity index (χ1v) is 11.3. The summed E-state index contributed by atoms with van der Waals surface area (Å²) >= 11 is 0. The Morgan fingerprint density at radius 1 is 1.00 bits per heavy atom. The van der Waals surface area contributed by atoms with Crippen LogP contribution in [0.25, 0.3) is 10.8 Å². The average molecular weight is 403 g/mol. The molecule has 0 spiro atoms. The van der Waals surface area contributed by atoms with E-state index in [1.54, 1.807) is 23.1 Å². The van der Waals surface area contributed by atoms with Crippen LogP contribution in [0.4, 0.5) is 0 Å². The van der Waals surface area contributed by atoms with Crippen LogP contribution >= 0.6 is 0 Å². The van der Waals surface area contributed by atoms with Gasteiger partial charge in [0, 0.05) is 13.1 Å². The first-order chi connectivity index (χ1) is 13.4. The zero-order valence-electron chi connectivity index (χ0n) is 16.0. The van der Waals surface area contributed by atoms with Crippen molar-refractivity contribution >= 4 is 26.7 Å². The maximum absolute atomic E-state index is 13.3. The van der Waals surface area contributed by atoms with Crippen LogP contribution in [0.1, 0.15) is 32.6 Å². The van der Waals surface area contributed by atoms with E-state index in [0.717, 1.165) is 27.9 Å². The number of amides is 1. The zero-order chi connectivity index (χ0) is 19.9. The van der Waals surface area contributed by atoms with Crippen LogP contribution in [-0.2, 0) is 14.8 Å². The minimum atomic E-state index is -3.99. The smallest absolute Gasteiger partial charge is 0.246 e. The molecule has 2 unspecified atom stereocenters. The van der Waals surface area contributed by atoms with Gasteiger partial charge in [-0.2, -0.15) is 4.31 Å². The number of nitrogens with zero attached hydrogens (tertiary/aromatic N) is 2. The van der Waals surface area contributed by atoms with Crippen molar-refractivity contribution in [3.63, 3.8) is 0 Å². The van der Waals surface area contributed by atoms with Crippen LogP contribution in [0.15, 0.2) is 47.4 Å². The van der Waals surface area contributed by atoms with Crippen LogP contribution in [0.3, 0.4) is 0 Å². The molecule has 2 aliphatic rings. The van der Waals surface area contributed by atoms with Crippen LogP contribution in [0.5, 0.6) is 0 Å². The number of carbonyl (C=O) groups is 1. The molecule has 1 N–H and O–H groups in total. The first kappa shape index (κ1) is 19.4. The summed E-state index contributed by atoms with van der Waals surface area (Å²) in [6.45, 7) is 3.46. The van der Waals surface area contributed by atoms with Crippen LogP contribution in [0, 0.1) is 5.92 Å². The topological polar surface area (TPSA) is 77.9 Å². The lowest BCUT2D eigenvalue weighted by atomic mass is 9.98. The molecule has 4 rings (SSSR count). The standard InChI is InChI=1S/C21H26N2O4S/c1-15-10-12-22(13-11-15)21(25)19-8-9-20(24)23(19)28(26,27)18-7-6-16-4-2-3-5-17(16)14-18/h2-7,14-15,19-20,24H,8-13H2,1H3. The highest BCUT2D eigenvalue weighted by Gasteiger charge is 2.46. The van der Waals surface area contributed by atoms with E-state index < -0.39 is 22.3 Å². The molecule has 2 aromatic rings. The fraction of sp³-hybridized carbons (Fsp3) is 0.476. The van der Waals surface area contributed by atoms with Crippen molar-refractivity contribution in [1.82, 2.24) is 9.21 Å². The van der Waals surface area contributed by atoms with E-state index in [4.69, 9.17) is 0 Å². The van der Waals surface area contributed by atoms with Gasteiger partial charge in [0.1, 0.15) is 12.3 Å². The van der Waals surface area contributed by atoms with Crippen molar-refractivity contribution in [2.45, 2.75) is 49.8 Å². The summed E-state index contributed by atoms with van der Waals surface area (Å²) in [4.78, 5) is 14.9. The average Bonchev–Trinajstić information content (AvgIpc) is 3.10. The second-order valence-corrected chi connectivity index (χ2v) is 9.77. The number of aliphatic hydroxyl groups excluding tert-OH is 1. The molecule has 0 radical (unpaired) electrons. The summed E-state index contributed by atoms with van der Waals surface area (Å²) in [6, 6.07) is 11.6. The van der Waals surface area contributed by atoms with Gasteiger partial charge in [-0.05, 0) is 54.5 Å². The second kappa shape index (κ2) is 7.46. The number of likely N-dealkylation sites (tertiary alicyclic amines) is 1. The van der Waals surface area contributed by atoms with E-state index in [2.05, 4.69) is 6.92 Å². The van der Waals surface area contributed by atoms with E-state index in [1.165, 1.54) is 0 Å². The van der Waals surface area contributed by atoms with E-state index in [-0.39, 0.29) is 17.2 Å². The van der Waals surface area contributed by atoms with Crippen LogP contribution in [-0.4, -0.2) is 54.0 Å². The monoisotopic (exact) mass is 402 g/mol. The highest BCUT2D eigenvalue weighted by Crippen LogP contribution is 2.33. The molecule has 2 aromatic carbocycles. The summed E-state index contributed by atoms with van der Waals surface area (Å²) < 4.78 is 27.7. The van der Waals surface area contributed by atoms with Crippen molar-refractivity contribution in [1.29, 1.82) is 0 Å². The summed E-state index contributed by atoms with van der Waals surface area (Å²) in [5.74, 6) is 0.392. The lowest BCUT2D eigenvalue weighted by Gasteiger charge is -2.34. The molecule has 7 heteroatoms. The highest BCUT2D eigenvalue weighted by atomic mass is 32.2. The van der Waals surface area contributed by atoms with Gasteiger partial charge in [-0.15, -0.1) is 0 Å². The Labute approximate surface area is 165 Å². The van der Waals surface area contributed by atoms with E-state index in [9.17, 15) is 18.3 Å². The Morgan fingerprint density at radius 2 is 1.68 bits per heavy atom. The van der Waals surface area contributed by atoms with Gasteiger partial charge >= 0.3 is 0 Å². The second-order valence-electron chi connectivity index (χ2n) is 7.93. The number of aliphatic hydroxyl groups is 1. The molecule has 0 bridgehead atoms. The number of rotatable bonds is 3. The predicted molar refractivity (Wildman–Crippen MR) is 107 cm³/mol. The number of fused-ring (bicyclic) bond motifs is 1. The Balaban J connectivity index is 1.64. The van der Waals surface area contributed by atoms with Crippen molar-refractivity contribution < 1.29 is 18.3 Å². The Morgan fingerprint density at radius 3 is 2.39 bits per heavy atom. The molecule has 0 aromatic heterocycles. The quantitative estimate of drug-likeness (QED) is 0.856. The maximum atomic E-state index is 13.3. The Hall–Kier alpha value is -1.96. The lowest BCUT2D eigenvalue weighted by Crippen LogP contribution is -2.51. The molecule has 0 aliphatic carbocycles. The minimum absolute atomic E-state index is 0.109. The molecule has 2 heterocycles. The van der Waals surface area contributed by atoms with Crippen molar-refractivity contribution in [2.24, 2.45) is 5.92 Å². The molecule has 0 saturated carbocycles. The molecule has 28 heavy (non-hydrogen) atoms. The van der Waals surface area contributed by atoms with Crippen LogP contribution < -0.4 is 0 Å². The van der Waals surface area contributed by atoms with Gasteiger partial charge in [0.25, 0.3) is 0 Å². The van der Waals surface area contributed by atoms with Gasteiger partial charge in [-0.3, -0.25) is 4.79 Å². The van der Waals surface area contributed by atoms with Crippen LogP contribution in [0.2, 0.25) is 0 Å². The third-order valence-corrected chi connectivity index (χ3v) is 7.88. The van der Waals surface area contributed by atoms with Gasteiger partial charge < -0.3 is 10.0 Å². The van der Waals surface area contributed by atoms with Gasteiger partial charge in [0.2, 0.25) is 15.9 Å². The predicted octanol–water partition coefficient (Wildman–Crippen LogP) is 2.57. The number of piperidine rings is 1. The third-order valence-electron chi connectivity index (χ3n) is 5.98. The molecule has 6 nitrogen and oxygen atoms in total. The number of hydrogen-bond acceptors (Lipinski definition) is 4. The summed E-state index contributed by atoms with van der Waals surface area (Å²) in [7, 11) is -3.99. The maximum Gasteiger partial charge on any atom is 0.246 e. The van der Waals surface area contributed by atoms with Gasteiger partial charge in [0.05, 0.1) is 4.90 Å². The minimum Gasteiger partial charge on any atom is -0.377 e. The molecular formula is C21H26N2O4S. The van der Waals surface area contributed by atoms with Gasteiger partial charge in [-0.1, -0.05) is 37.3 Å². The molecule has 1 amide bonds. The SMILES string of the molecule is CC1CCN(C(=O)C2CCC(O)N2S(=O)(=O)c2ccc3ccccc3c2)CC1. The summed E-state index contributed by atoms with van der Waals surface area (Å²) in [6.07, 6.45) is 1.30. The van der Waals surface area contributed by atoms with Gasteiger partial charge in [0.15, 0.2) is 0 Å².